The Morgan fingerprint density at radius 1 is 0.833 bits per heavy atom. The number of unbranched alkanes of at least 4 members (excludes halogenated alkanes) is 3. The lowest BCUT2D eigenvalue weighted by Gasteiger charge is -2.10. The van der Waals surface area contributed by atoms with Crippen LogP contribution in [0.25, 0.3) is 0 Å². The fourth-order valence-corrected chi connectivity index (χ4v) is 5.73. The SMILES string of the molecule is [B]P(P)(=S)C(=O)c1ccc(C(=O)OCCCCCCOC(=O)c2ccc(C(=O)P[B]P=S)cc2)cc1. The van der Waals surface area contributed by atoms with E-state index < -0.39 is 17.5 Å². The summed E-state index contributed by atoms with van der Waals surface area (Å²) >= 11 is 9.79. The van der Waals surface area contributed by atoms with Crippen molar-refractivity contribution < 1.29 is 28.7 Å². The molecule has 6 nitrogen and oxygen atoms in total. The Hall–Kier alpha value is -1.12. The summed E-state index contributed by atoms with van der Waals surface area (Å²) in [5, 5.41) is 0. The summed E-state index contributed by atoms with van der Waals surface area (Å²) < 4.78 is 10.5. The molecular weight excluding hydrogens is 570 g/mol. The van der Waals surface area contributed by atoms with Gasteiger partial charge in [0.15, 0.2) is 11.0 Å². The summed E-state index contributed by atoms with van der Waals surface area (Å²) in [5.74, 6) is -0.898. The van der Waals surface area contributed by atoms with Crippen LogP contribution in [-0.2, 0) is 33.1 Å². The third-order valence-corrected chi connectivity index (χ3v) is 9.35. The highest BCUT2D eigenvalue weighted by Gasteiger charge is 2.17. The molecule has 36 heavy (non-hydrogen) atoms. The van der Waals surface area contributed by atoms with Crippen molar-refractivity contribution in [3.8, 4) is 0 Å². The molecule has 14 heteroatoms. The highest BCUT2D eigenvalue weighted by molar-refractivity contribution is 8.59. The van der Waals surface area contributed by atoms with Crippen LogP contribution in [0, 0.1) is 0 Å². The topological polar surface area (TPSA) is 86.7 Å². The van der Waals surface area contributed by atoms with E-state index in [-0.39, 0.29) is 32.7 Å². The molecular formula is C22H23B2O6P4S2. The summed E-state index contributed by atoms with van der Waals surface area (Å²) in [5.41, 5.74) is -1.30. The number of carbonyl (C=O) groups excluding carboxylic acids is 4. The van der Waals surface area contributed by atoms with Gasteiger partial charge in [0.2, 0.25) is 6.72 Å². The second kappa shape index (κ2) is 16.0. The zero-order chi connectivity index (χ0) is 26.6. The van der Waals surface area contributed by atoms with Gasteiger partial charge < -0.3 is 9.47 Å². The van der Waals surface area contributed by atoms with Crippen molar-refractivity contribution in [2.75, 3.05) is 13.2 Å². The molecule has 0 N–H and O–H groups in total. The van der Waals surface area contributed by atoms with Crippen LogP contribution in [0.4, 0.5) is 0 Å². The minimum Gasteiger partial charge on any atom is -0.462 e. The molecule has 0 aliphatic carbocycles. The van der Waals surface area contributed by atoms with E-state index in [1.165, 1.54) is 24.3 Å². The van der Waals surface area contributed by atoms with Gasteiger partial charge >= 0.3 is 11.9 Å². The average Bonchev–Trinajstić information content (AvgIpc) is 2.87. The first-order valence-corrected chi connectivity index (χ1v) is 18.4. The monoisotopic (exact) mass is 593 g/mol. The molecule has 3 atom stereocenters. The van der Waals surface area contributed by atoms with E-state index in [1.54, 1.807) is 31.0 Å². The molecule has 2 aromatic rings. The quantitative estimate of drug-likeness (QED) is 0.116. The zero-order valence-corrected chi connectivity index (χ0v) is 24.8. The standard InChI is InChI=1S/C22H23B2O6P4S2/c23-34(31,36)22(28)18-11-7-16(8-12-18)20(26)30-14-4-2-1-3-13-29-19(25)15-5-9-17(10-6-15)21(27)32-24-33-35/h5-12,32H,1-4,13-14,31H2. The van der Waals surface area contributed by atoms with Crippen LogP contribution in [-0.4, -0.2) is 50.5 Å². The third kappa shape index (κ3) is 10.7. The highest BCUT2D eigenvalue weighted by atomic mass is 32.6. The molecule has 0 amide bonds. The predicted molar refractivity (Wildman–Crippen MR) is 159 cm³/mol. The molecule has 0 aliphatic heterocycles. The van der Waals surface area contributed by atoms with Crippen LogP contribution in [0.5, 0.6) is 0 Å². The molecule has 0 spiro atoms. The lowest BCUT2D eigenvalue weighted by molar-refractivity contribution is 0.0473. The zero-order valence-electron chi connectivity index (χ0n) is 19.3. The van der Waals surface area contributed by atoms with E-state index in [1.807, 2.05) is 0 Å². The van der Waals surface area contributed by atoms with Crippen molar-refractivity contribution in [3.05, 3.63) is 70.8 Å². The lowest BCUT2D eigenvalue weighted by Crippen LogP contribution is -2.08. The van der Waals surface area contributed by atoms with Crippen LogP contribution in [0.1, 0.15) is 67.1 Å². The van der Waals surface area contributed by atoms with Crippen molar-refractivity contribution in [1.29, 1.82) is 0 Å². The molecule has 0 fully saturated rings. The van der Waals surface area contributed by atoms with E-state index >= 15 is 0 Å². The maximum Gasteiger partial charge on any atom is 0.338 e. The average molecular weight is 593 g/mol. The fourth-order valence-electron chi connectivity index (χ4n) is 2.93. The van der Waals surface area contributed by atoms with E-state index in [4.69, 9.17) is 40.7 Å². The molecule has 2 rings (SSSR count). The number of rotatable bonds is 15. The first-order chi connectivity index (χ1) is 17.1. The summed E-state index contributed by atoms with van der Waals surface area (Å²) in [4.78, 5) is 48.3. The van der Waals surface area contributed by atoms with Crippen LogP contribution >= 0.6 is 30.2 Å². The van der Waals surface area contributed by atoms with E-state index in [2.05, 4.69) is 8.93 Å². The van der Waals surface area contributed by atoms with Crippen molar-refractivity contribution in [2.45, 2.75) is 25.7 Å². The van der Waals surface area contributed by atoms with Gasteiger partial charge in [-0.05, 0) is 55.6 Å². The highest BCUT2D eigenvalue weighted by Crippen LogP contribution is 2.52. The first kappa shape index (κ1) is 31.1. The van der Waals surface area contributed by atoms with Crippen molar-refractivity contribution in [3.63, 3.8) is 0 Å². The maximum absolute atomic E-state index is 12.1. The van der Waals surface area contributed by atoms with Crippen LogP contribution < -0.4 is 0 Å². The van der Waals surface area contributed by atoms with Gasteiger partial charge in [-0.3, -0.25) is 9.59 Å². The van der Waals surface area contributed by atoms with Gasteiger partial charge in [0.1, 0.15) is 7.57 Å². The third-order valence-electron chi connectivity index (χ3n) is 4.82. The largest absolute Gasteiger partial charge is 0.462 e. The molecule has 0 heterocycles. The number of carbonyl (C=O) groups is 4. The van der Waals surface area contributed by atoms with E-state index in [0.717, 1.165) is 12.8 Å². The summed E-state index contributed by atoms with van der Waals surface area (Å²) in [7, 11) is 8.61. The summed E-state index contributed by atoms with van der Waals surface area (Å²) in [6.45, 7) is 2.28. The molecule has 0 saturated carbocycles. The normalized spacial score (nSPS) is 12.7. The number of esters is 2. The molecule has 185 valence electrons. The Kier molecular flexibility index (Phi) is 13.8. The number of hydrogen-bond acceptors (Lipinski definition) is 8. The summed E-state index contributed by atoms with van der Waals surface area (Å²) in [6.07, 6.45) is 2.99. The van der Waals surface area contributed by atoms with Gasteiger partial charge in [-0.25, -0.2) is 9.59 Å². The first-order valence-electron chi connectivity index (χ1n) is 10.8. The molecule has 3 radical (unpaired) electrons. The molecule has 3 unspecified atom stereocenters. The molecule has 2 aromatic carbocycles. The Labute approximate surface area is 228 Å². The molecule has 0 saturated heterocycles. The predicted octanol–water partition coefficient (Wildman–Crippen LogP) is 5.52. The van der Waals surface area contributed by atoms with Gasteiger partial charge in [0.25, 0.3) is 0 Å². The lowest BCUT2D eigenvalue weighted by atomic mass is 10.1. The Morgan fingerprint density at radius 2 is 1.25 bits per heavy atom. The summed E-state index contributed by atoms with van der Waals surface area (Å²) in [6, 6.07) is 12.5. The van der Waals surface area contributed by atoms with Gasteiger partial charge in [0.05, 0.1) is 24.3 Å². The van der Waals surface area contributed by atoms with Gasteiger partial charge in [-0.2, -0.15) is 0 Å². The van der Waals surface area contributed by atoms with E-state index in [9.17, 15) is 19.2 Å². The Morgan fingerprint density at radius 3 is 1.67 bits per heavy atom. The van der Waals surface area contributed by atoms with Crippen LogP contribution in [0.15, 0.2) is 48.5 Å². The minimum absolute atomic E-state index is 0.0180. The van der Waals surface area contributed by atoms with Gasteiger partial charge in [-0.15, -0.1) is 8.93 Å². The number of benzene rings is 2. The fraction of sp³-hybridized carbons (Fsp3) is 0.273. The molecule has 0 aromatic heterocycles. The second-order valence-corrected chi connectivity index (χ2v) is 17.4. The van der Waals surface area contributed by atoms with Crippen LogP contribution in [0.3, 0.4) is 0 Å². The Bertz CT molecular complexity index is 1140. The van der Waals surface area contributed by atoms with Crippen molar-refractivity contribution >= 4 is 91.1 Å². The van der Waals surface area contributed by atoms with Crippen LogP contribution in [0.2, 0.25) is 0 Å². The number of hydrogen-bond donors (Lipinski definition) is 0. The van der Waals surface area contributed by atoms with Crippen molar-refractivity contribution in [2.24, 2.45) is 0 Å². The number of ether oxygens (including phenoxy) is 2. The molecule has 0 aliphatic rings. The smallest absolute Gasteiger partial charge is 0.338 e. The van der Waals surface area contributed by atoms with Gasteiger partial charge in [-0.1, -0.05) is 63.6 Å². The Balaban J connectivity index is 1.60. The van der Waals surface area contributed by atoms with Crippen molar-refractivity contribution in [1.82, 2.24) is 0 Å². The molecule has 0 bridgehead atoms. The van der Waals surface area contributed by atoms with E-state index in [0.29, 0.717) is 42.3 Å². The maximum atomic E-state index is 12.1. The van der Waals surface area contributed by atoms with Gasteiger partial charge in [0, 0.05) is 11.1 Å². The second-order valence-electron chi connectivity index (χ2n) is 7.56. The minimum atomic E-state index is -2.63.